The molecule has 0 aromatic heterocycles. The van der Waals surface area contributed by atoms with E-state index in [0.29, 0.717) is 5.56 Å². The van der Waals surface area contributed by atoms with E-state index in [4.69, 9.17) is 0 Å². The highest BCUT2D eigenvalue weighted by Gasteiger charge is 2.30. The Morgan fingerprint density at radius 2 is 1.16 bits per heavy atom. The molecule has 0 heterocycles. The first kappa shape index (κ1) is 17.0. The highest BCUT2D eigenvalue weighted by atomic mass is 19.4. The van der Waals surface area contributed by atoms with Crippen molar-refractivity contribution in [3.05, 3.63) is 107 Å². The first-order chi connectivity index (χ1) is 11.9. The van der Waals surface area contributed by atoms with Gasteiger partial charge in [0.05, 0.1) is 5.56 Å². The maximum atomic E-state index is 12.6. The lowest BCUT2D eigenvalue weighted by Gasteiger charge is -2.08. The van der Waals surface area contributed by atoms with Crippen LogP contribution in [-0.2, 0) is 12.6 Å². The van der Waals surface area contributed by atoms with Crippen LogP contribution in [0.15, 0.2) is 78.9 Å². The summed E-state index contributed by atoms with van der Waals surface area (Å²) in [5.41, 5.74) is 2.17. The maximum Gasteiger partial charge on any atom is 0.416 e. The molecule has 0 unspecified atom stereocenters. The highest BCUT2D eigenvalue weighted by Crippen LogP contribution is 2.29. The number of halogens is 3. The van der Waals surface area contributed by atoms with E-state index in [-0.39, 0.29) is 11.3 Å². The number of hydrogen-bond donors (Lipinski definition) is 0. The van der Waals surface area contributed by atoms with Crippen molar-refractivity contribution >= 4 is 5.78 Å². The van der Waals surface area contributed by atoms with Gasteiger partial charge < -0.3 is 0 Å². The highest BCUT2D eigenvalue weighted by molar-refractivity contribution is 6.09. The summed E-state index contributed by atoms with van der Waals surface area (Å²) in [6.45, 7) is 0. The van der Waals surface area contributed by atoms with E-state index in [2.05, 4.69) is 0 Å². The van der Waals surface area contributed by atoms with Gasteiger partial charge in [-0.3, -0.25) is 4.79 Å². The summed E-state index contributed by atoms with van der Waals surface area (Å²) in [5, 5.41) is 0. The van der Waals surface area contributed by atoms with Crippen LogP contribution < -0.4 is 0 Å². The smallest absolute Gasteiger partial charge is 0.289 e. The Morgan fingerprint density at radius 1 is 0.680 bits per heavy atom. The SMILES string of the molecule is O=C(c1ccc(Cc2ccccc2)cc1)c1ccc(C(F)(F)F)cc1. The molecule has 25 heavy (non-hydrogen) atoms. The summed E-state index contributed by atoms with van der Waals surface area (Å²) < 4.78 is 37.7. The fourth-order valence-electron chi connectivity index (χ4n) is 2.58. The number of carbonyl (C=O) groups excluding carboxylic acids is 1. The van der Waals surface area contributed by atoms with E-state index in [1.165, 1.54) is 17.7 Å². The van der Waals surface area contributed by atoms with E-state index >= 15 is 0 Å². The van der Waals surface area contributed by atoms with Crippen LogP contribution in [0, 0.1) is 0 Å². The van der Waals surface area contributed by atoms with Gasteiger partial charge in [-0.15, -0.1) is 0 Å². The van der Waals surface area contributed by atoms with Crippen LogP contribution in [0.4, 0.5) is 13.2 Å². The van der Waals surface area contributed by atoms with E-state index in [1.807, 2.05) is 42.5 Å². The second-order valence-corrected chi connectivity index (χ2v) is 5.76. The molecule has 0 amide bonds. The van der Waals surface area contributed by atoms with Crippen molar-refractivity contribution in [1.82, 2.24) is 0 Å². The predicted octanol–water partition coefficient (Wildman–Crippen LogP) is 5.53. The van der Waals surface area contributed by atoms with Crippen LogP contribution in [-0.4, -0.2) is 5.78 Å². The summed E-state index contributed by atoms with van der Waals surface area (Å²) in [4.78, 5) is 12.4. The molecule has 0 fully saturated rings. The molecule has 3 rings (SSSR count). The fourth-order valence-corrected chi connectivity index (χ4v) is 2.58. The van der Waals surface area contributed by atoms with Gasteiger partial charge in [0.25, 0.3) is 0 Å². The van der Waals surface area contributed by atoms with Gasteiger partial charge in [-0.25, -0.2) is 0 Å². The molecule has 126 valence electrons. The summed E-state index contributed by atoms with van der Waals surface area (Å²) in [6.07, 6.45) is -3.64. The Labute approximate surface area is 143 Å². The van der Waals surface area contributed by atoms with Gasteiger partial charge in [0.2, 0.25) is 0 Å². The number of rotatable bonds is 4. The lowest BCUT2D eigenvalue weighted by atomic mass is 9.99. The zero-order valence-corrected chi connectivity index (χ0v) is 13.3. The van der Waals surface area contributed by atoms with Gasteiger partial charge in [-0.1, -0.05) is 66.7 Å². The molecular formula is C21H15F3O. The van der Waals surface area contributed by atoms with E-state index in [0.717, 1.165) is 24.1 Å². The van der Waals surface area contributed by atoms with Gasteiger partial charge in [0, 0.05) is 11.1 Å². The third kappa shape index (κ3) is 4.15. The minimum absolute atomic E-state index is 0.240. The Bertz CT molecular complexity index is 848. The standard InChI is InChI=1S/C21H15F3O/c22-21(23,24)19-12-10-18(11-13-19)20(25)17-8-6-16(7-9-17)14-15-4-2-1-3-5-15/h1-13H,14H2. The molecule has 0 spiro atoms. The molecule has 0 aliphatic heterocycles. The minimum Gasteiger partial charge on any atom is -0.289 e. The van der Waals surface area contributed by atoms with Crippen molar-refractivity contribution in [2.45, 2.75) is 12.6 Å². The molecule has 0 saturated carbocycles. The summed E-state index contributed by atoms with van der Waals surface area (Å²) in [6, 6.07) is 21.4. The molecule has 0 N–H and O–H groups in total. The van der Waals surface area contributed by atoms with Crippen molar-refractivity contribution in [3.8, 4) is 0 Å². The number of ketones is 1. The van der Waals surface area contributed by atoms with Crippen LogP contribution in [0.2, 0.25) is 0 Å². The number of carbonyl (C=O) groups is 1. The van der Waals surface area contributed by atoms with Gasteiger partial charge in [-0.05, 0) is 29.7 Å². The quantitative estimate of drug-likeness (QED) is 0.571. The molecule has 3 aromatic carbocycles. The normalized spacial score (nSPS) is 11.3. The monoisotopic (exact) mass is 340 g/mol. The molecule has 3 aromatic rings. The predicted molar refractivity (Wildman–Crippen MR) is 90.6 cm³/mol. The number of hydrogen-bond acceptors (Lipinski definition) is 1. The maximum absolute atomic E-state index is 12.6. The average molecular weight is 340 g/mol. The average Bonchev–Trinajstić information content (AvgIpc) is 2.62. The lowest BCUT2D eigenvalue weighted by Crippen LogP contribution is -2.06. The number of alkyl halides is 3. The molecule has 0 saturated heterocycles. The summed E-state index contributed by atoms with van der Waals surface area (Å²) >= 11 is 0. The summed E-state index contributed by atoms with van der Waals surface area (Å²) in [7, 11) is 0. The molecular weight excluding hydrogens is 325 g/mol. The van der Waals surface area contributed by atoms with Gasteiger partial charge >= 0.3 is 6.18 Å². The summed E-state index contributed by atoms with van der Waals surface area (Å²) in [5.74, 6) is -0.292. The first-order valence-corrected chi connectivity index (χ1v) is 7.78. The molecule has 0 radical (unpaired) electrons. The van der Waals surface area contributed by atoms with Crippen LogP contribution in [0.1, 0.15) is 32.6 Å². The molecule has 1 nitrogen and oxygen atoms in total. The minimum atomic E-state index is -4.40. The van der Waals surface area contributed by atoms with Crippen molar-refractivity contribution in [1.29, 1.82) is 0 Å². The van der Waals surface area contributed by atoms with Crippen LogP contribution in [0.3, 0.4) is 0 Å². The second-order valence-electron chi connectivity index (χ2n) is 5.76. The Balaban J connectivity index is 1.74. The van der Waals surface area contributed by atoms with Crippen molar-refractivity contribution < 1.29 is 18.0 Å². The van der Waals surface area contributed by atoms with Crippen LogP contribution in [0.5, 0.6) is 0 Å². The molecule has 0 bridgehead atoms. The largest absolute Gasteiger partial charge is 0.416 e. The Kier molecular flexibility index (Phi) is 4.70. The Morgan fingerprint density at radius 3 is 1.68 bits per heavy atom. The molecule has 4 heteroatoms. The number of benzene rings is 3. The molecule has 0 atom stereocenters. The zero-order chi connectivity index (χ0) is 17.9. The lowest BCUT2D eigenvalue weighted by molar-refractivity contribution is -0.137. The van der Waals surface area contributed by atoms with E-state index in [1.54, 1.807) is 12.1 Å². The van der Waals surface area contributed by atoms with Gasteiger partial charge in [0.1, 0.15) is 0 Å². The first-order valence-electron chi connectivity index (χ1n) is 7.78. The second kappa shape index (κ2) is 6.93. The van der Waals surface area contributed by atoms with Gasteiger partial charge in [0.15, 0.2) is 5.78 Å². The van der Waals surface area contributed by atoms with Crippen LogP contribution in [0.25, 0.3) is 0 Å². The van der Waals surface area contributed by atoms with E-state index in [9.17, 15) is 18.0 Å². The van der Waals surface area contributed by atoms with E-state index < -0.39 is 11.7 Å². The third-order valence-electron chi connectivity index (χ3n) is 3.94. The zero-order valence-electron chi connectivity index (χ0n) is 13.3. The van der Waals surface area contributed by atoms with Crippen molar-refractivity contribution in [2.24, 2.45) is 0 Å². The Hall–Kier alpha value is -2.88. The van der Waals surface area contributed by atoms with Gasteiger partial charge in [-0.2, -0.15) is 13.2 Å². The van der Waals surface area contributed by atoms with Crippen molar-refractivity contribution in [2.75, 3.05) is 0 Å². The topological polar surface area (TPSA) is 17.1 Å². The molecule has 0 aliphatic rings. The third-order valence-corrected chi connectivity index (χ3v) is 3.94. The van der Waals surface area contributed by atoms with Crippen molar-refractivity contribution in [3.63, 3.8) is 0 Å². The molecule has 0 aliphatic carbocycles. The fraction of sp³-hybridized carbons (Fsp3) is 0.0952. The van der Waals surface area contributed by atoms with Crippen LogP contribution >= 0.6 is 0 Å².